The van der Waals surface area contributed by atoms with Gasteiger partial charge in [-0.1, -0.05) is 19.9 Å². The molecule has 80 valence electrons. The maximum Gasteiger partial charge on any atom is 0.221 e. The Hall–Kier alpha value is -1.64. The van der Waals surface area contributed by atoms with Crippen molar-refractivity contribution < 1.29 is 9.59 Å². The third kappa shape index (κ3) is 2.91. The molecule has 0 bridgehead atoms. The van der Waals surface area contributed by atoms with Gasteiger partial charge in [0.05, 0.1) is 5.69 Å². The largest absolute Gasteiger partial charge is 0.326 e. The molecule has 1 N–H and O–H groups in total. The molecule has 0 atom stereocenters. The van der Waals surface area contributed by atoms with Gasteiger partial charge < -0.3 is 5.32 Å². The zero-order valence-electron chi connectivity index (χ0n) is 9.20. The number of amides is 1. The first-order chi connectivity index (χ1) is 7.04. The van der Waals surface area contributed by atoms with E-state index in [0.717, 1.165) is 11.8 Å². The van der Waals surface area contributed by atoms with Gasteiger partial charge in [-0.05, 0) is 23.6 Å². The van der Waals surface area contributed by atoms with E-state index in [0.29, 0.717) is 17.2 Å². The molecular formula is C12H15NO2. The summed E-state index contributed by atoms with van der Waals surface area (Å²) in [4.78, 5) is 21.7. The van der Waals surface area contributed by atoms with Crippen molar-refractivity contribution in [3.05, 3.63) is 29.3 Å². The van der Waals surface area contributed by atoms with E-state index in [1.807, 2.05) is 12.1 Å². The Morgan fingerprint density at radius 2 is 2.07 bits per heavy atom. The minimum Gasteiger partial charge on any atom is -0.326 e. The van der Waals surface area contributed by atoms with Crippen LogP contribution in [-0.4, -0.2) is 12.2 Å². The van der Waals surface area contributed by atoms with Gasteiger partial charge in [-0.25, -0.2) is 0 Å². The Bertz CT molecular complexity index is 383. The molecule has 0 saturated heterocycles. The van der Waals surface area contributed by atoms with Crippen LogP contribution in [0.5, 0.6) is 0 Å². The fraction of sp³-hybridized carbons (Fsp3) is 0.333. The monoisotopic (exact) mass is 205 g/mol. The fourth-order valence-electron chi connectivity index (χ4n) is 1.34. The van der Waals surface area contributed by atoms with E-state index in [1.165, 1.54) is 6.92 Å². The Labute approximate surface area is 89.5 Å². The van der Waals surface area contributed by atoms with Crippen molar-refractivity contribution in [3.63, 3.8) is 0 Å². The molecule has 0 heterocycles. The molecule has 0 aliphatic heterocycles. The highest BCUT2D eigenvalue weighted by Crippen LogP contribution is 2.21. The van der Waals surface area contributed by atoms with E-state index < -0.39 is 0 Å². The summed E-state index contributed by atoms with van der Waals surface area (Å²) in [7, 11) is 0. The van der Waals surface area contributed by atoms with E-state index in [9.17, 15) is 9.59 Å². The van der Waals surface area contributed by atoms with Crippen LogP contribution in [0.25, 0.3) is 0 Å². The van der Waals surface area contributed by atoms with Crippen molar-refractivity contribution in [1.29, 1.82) is 0 Å². The average molecular weight is 205 g/mol. The van der Waals surface area contributed by atoms with Crippen molar-refractivity contribution in [1.82, 2.24) is 0 Å². The molecule has 1 amide bonds. The summed E-state index contributed by atoms with van der Waals surface area (Å²) in [6.07, 6.45) is 0.761. The van der Waals surface area contributed by atoms with Crippen molar-refractivity contribution >= 4 is 17.9 Å². The van der Waals surface area contributed by atoms with Crippen LogP contribution in [0.15, 0.2) is 18.2 Å². The number of aldehydes is 1. The van der Waals surface area contributed by atoms with E-state index in [-0.39, 0.29) is 5.91 Å². The highest BCUT2D eigenvalue weighted by molar-refractivity contribution is 5.95. The molecule has 1 rings (SSSR count). The lowest BCUT2D eigenvalue weighted by Gasteiger charge is -2.10. The normalized spacial score (nSPS) is 10.1. The topological polar surface area (TPSA) is 46.2 Å². The van der Waals surface area contributed by atoms with Gasteiger partial charge in [-0.15, -0.1) is 0 Å². The maximum absolute atomic E-state index is 10.9. The molecule has 0 radical (unpaired) electrons. The summed E-state index contributed by atoms with van der Waals surface area (Å²) >= 11 is 0. The molecule has 1 aromatic carbocycles. The number of hydrogen-bond acceptors (Lipinski definition) is 2. The van der Waals surface area contributed by atoms with Crippen LogP contribution >= 0.6 is 0 Å². The summed E-state index contributed by atoms with van der Waals surface area (Å²) in [6, 6.07) is 5.49. The highest BCUT2D eigenvalue weighted by atomic mass is 16.1. The third-order valence-corrected chi connectivity index (χ3v) is 2.18. The smallest absolute Gasteiger partial charge is 0.221 e. The molecule has 0 aliphatic rings. The summed E-state index contributed by atoms with van der Waals surface area (Å²) in [5, 5.41) is 2.62. The zero-order chi connectivity index (χ0) is 11.4. The summed E-state index contributed by atoms with van der Waals surface area (Å²) in [5.41, 5.74) is 2.18. The fourth-order valence-corrected chi connectivity index (χ4v) is 1.34. The van der Waals surface area contributed by atoms with E-state index in [4.69, 9.17) is 0 Å². The Morgan fingerprint density at radius 1 is 1.40 bits per heavy atom. The molecule has 3 nitrogen and oxygen atoms in total. The molecule has 0 aliphatic carbocycles. The molecule has 3 heteroatoms. The molecular weight excluding hydrogens is 190 g/mol. The SMILES string of the molecule is CC(=O)Nc1ccc(C(C)C)cc1C=O. The molecule has 1 aromatic rings. The summed E-state index contributed by atoms with van der Waals surface area (Å²) < 4.78 is 0. The van der Waals surface area contributed by atoms with Crippen LogP contribution in [0.3, 0.4) is 0 Å². The Kier molecular flexibility index (Phi) is 3.61. The molecule has 0 saturated carbocycles. The van der Waals surface area contributed by atoms with Gasteiger partial charge in [0.2, 0.25) is 5.91 Å². The summed E-state index contributed by atoms with van der Waals surface area (Å²) in [6.45, 7) is 5.54. The van der Waals surface area contributed by atoms with Gasteiger partial charge >= 0.3 is 0 Å². The second-order valence-corrected chi connectivity index (χ2v) is 3.80. The molecule has 0 unspecified atom stereocenters. The van der Waals surface area contributed by atoms with Crippen LogP contribution in [-0.2, 0) is 4.79 Å². The van der Waals surface area contributed by atoms with Gasteiger partial charge in [0, 0.05) is 12.5 Å². The first kappa shape index (κ1) is 11.4. The number of rotatable bonds is 3. The summed E-state index contributed by atoms with van der Waals surface area (Å²) in [5.74, 6) is 0.200. The van der Waals surface area contributed by atoms with Gasteiger partial charge in [0.1, 0.15) is 0 Å². The standard InChI is InChI=1S/C12H15NO2/c1-8(2)10-4-5-12(13-9(3)15)11(6-10)7-14/h4-8H,1-3H3,(H,13,15). The second kappa shape index (κ2) is 4.73. The number of hydrogen-bond donors (Lipinski definition) is 1. The van der Waals surface area contributed by atoms with Crippen LogP contribution in [0, 0.1) is 0 Å². The first-order valence-electron chi connectivity index (χ1n) is 4.91. The number of anilines is 1. The number of benzene rings is 1. The third-order valence-electron chi connectivity index (χ3n) is 2.18. The van der Waals surface area contributed by atoms with E-state index >= 15 is 0 Å². The lowest BCUT2D eigenvalue weighted by molar-refractivity contribution is -0.114. The van der Waals surface area contributed by atoms with E-state index in [1.54, 1.807) is 6.07 Å². The zero-order valence-corrected chi connectivity index (χ0v) is 9.20. The number of nitrogens with one attached hydrogen (secondary N) is 1. The van der Waals surface area contributed by atoms with Gasteiger partial charge in [0.25, 0.3) is 0 Å². The van der Waals surface area contributed by atoms with Crippen LogP contribution in [0.1, 0.15) is 42.6 Å². The van der Waals surface area contributed by atoms with Crippen LogP contribution in [0.2, 0.25) is 0 Å². The quantitative estimate of drug-likeness (QED) is 0.771. The Balaban J connectivity index is 3.09. The van der Waals surface area contributed by atoms with E-state index in [2.05, 4.69) is 19.2 Å². The van der Waals surface area contributed by atoms with Crippen LogP contribution < -0.4 is 5.32 Å². The Morgan fingerprint density at radius 3 is 2.53 bits per heavy atom. The van der Waals surface area contributed by atoms with Gasteiger partial charge in [-0.2, -0.15) is 0 Å². The van der Waals surface area contributed by atoms with Crippen molar-refractivity contribution in [2.75, 3.05) is 5.32 Å². The molecule has 0 fully saturated rings. The van der Waals surface area contributed by atoms with Crippen molar-refractivity contribution in [2.45, 2.75) is 26.7 Å². The number of carbonyl (C=O) groups is 2. The maximum atomic E-state index is 10.9. The van der Waals surface area contributed by atoms with Crippen LogP contribution in [0.4, 0.5) is 5.69 Å². The molecule has 15 heavy (non-hydrogen) atoms. The lowest BCUT2D eigenvalue weighted by atomic mass is 10.00. The number of carbonyl (C=O) groups excluding carboxylic acids is 2. The predicted octanol–water partition coefficient (Wildman–Crippen LogP) is 2.58. The van der Waals surface area contributed by atoms with Gasteiger partial charge in [0.15, 0.2) is 6.29 Å². The lowest BCUT2D eigenvalue weighted by Crippen LogP contribution is -2.08. The minimum absolute atomic E-state index is 0.171. The average Bonchev–Trinajstić information content (AvgIpc) is 2.17. The second-order valence-electron chi connectivity index (χ2n) is 3.80. The van der Waals surface area contributed by atoms with Gasteiger partial charge in [-0.3, -0.25) is 9.59 Å². The minimum atomic E-state index is -0.171. The molecule has 0 aromatic heterocycles. The van der Waals surface area contributed by atoms with Crippen molar-refractivity contribution in [3.8, 4) is 0 Å². The predicted molar refractivity (Wildman–Crippen MR) is 60.2 cm³/mol. The highest BCUT2D eigenvalue weighted by Gasteiger charge is 2.06. The first-order valence-corrected chi connectivity index (χ1v) is 4.91. The molecule has 0 spiro atoms. The van der Waals surface area contributed by atoms with Crippen molar-refractivity contribution in [2.24, 2.45) is 0 Å².